The molecule has 0 unspecified atom stereocenters. The van der Waals surface area contributed by atoms with E-state index < -0.39 is 0 Å². The molecule has 0 atom stereocenters. The standard InChI is InChI=1S/C15H17N5OS2/c1-3-6-14-16-11(9-22-14)10-23-15-17-18-19-20(15)12-7-4-5-8-13(12)21-2/h4-5,7-9H,3,6,10H2,1-2H3. The zero-order valence-electron chi connectivity index (χ0n) is 13.0. The molecular formula is C15H17N5OS2. The number of rotatable bonds is 7. The van der Waals surface area contributed by atoms with Crippen molar-refractivity contribution in [2.45, 2.75) is 30.7 Å². The minimum Gasteiger partial charge on any atom is -0.494 e. The third-order valence-corrected chi connectivity index (χ3v) is 5.08. The number of para-hydroxylation sites is 2. The highest BCUT2D eigenvalue weighted by atomic mass is 32.2. The van der Waals surface area contributed by atoms with Crippen LogP contribution in [0.1, 0.15) is 24.0 Å². The highest BCUT2D eigenvalue weighted by Crippen LogP contribution is 2.27. The molecule has 3 rings (SSSR count). The van der Waals surface area contributed by atoms with Gasteiger partial charge in [0.15, 0.2) is 0 Å². The Morgan fingerprint density at radius 3 is 3.00 bits per heavy atom. The summed E-state index contributed by atoms with van der Waals surface area (Å²) in [6.07, 6.45) is 2.15. The molecule has 6 nitrogen and oxygen atoms in total. The summed E-state index contributed by atoms with van der Waals surface area (Å²) in [5, 5.41) is 16.0. The smallest absolute Gasteiger partial charge is 0.214 e. The average Bonchev–Trinajstić information content (AvgIpc) is 3.22. The van der Waals surface area contributed by atoms with Gasteiger partial charge in [0.05, 0.1) is 17.8 Å². The molecule has 3 aromatic rings. The number of benzene rings is 1. The number of aryl methyl sites for hydroxylation is 1. The van der Waals surface area contributed by atoms with Crippen LogP contribution in [0.25, 0.3) is 5.69 Å². The first-order valence-corrected chi connectivity index (χ1v) is 9.16. The largest absolute Gasteiger partial charge is 0.494 e. The van der Waals surface area contributed by atoms with Crippen molar-refractivity contribution in [2.24, 2.45) is 0 Å². The summed E-state index contributed by atoms with van der Waals surface area (Å²) in [6.45, 7) is 2.16. The lowest BCUT2D eigenvalue weighted by atomic mass is 10.3. The SMILES string of the molecule is CCCc1nc(CSc2nnnn2-c2ccccc2OC)cs1. The number of aromatic nitrogens is 5. The minimum atomic E-state index is 0.722. The molecule has 0 aliphatic carbocycles. The number of thiazole rings is 1. The van der Waals surface area contributed by atoms with E-state index >= 15 is 0 Å². The number of tetrazole rings is 1. The van der Waals surface area contributed by atoms with Gasteiger partial charge < -0.3 is 4.74 Å². The van der Waals surface area contributed by atoms with Gasteiger partial charge in [-0.25, -0.2) is 4.98 Å². The van der Waals surface area contributed by atoms with Crippen LogP contribution in [-0.4, -0.2) is 32.3 Å². The van der Waals surface area contributed by atoms with Crippen LogP contribution in [0.5, 0.6) is 5.75 Å². The minimum absolute atomic E-state index is 0.722. The molecule has 1 aromatic carbocycles. The summed E-state index contributed by atoms with van der Waals surface area (Å²) in [6, 6.07) is 7.68. The van der Waals surface area contributed by atoms with E-state index in [0.717, 1.165) is 40.9 Å². The first-order chi connectivity index (χ1) is 11.3. The number of thioether (sulfide) groups is 1. The van der Waals surface area contributed by atoms with Gasteiger partial charge in [0.2, 0.25) is 5.16 Å². The van der Waals surface area contributed by atoms with Crippen molar-refractivity contribution in [3.8, 4) is 11.4 Å². The van der Waals surface area contributed by atoms with Gasteiger partial charge >= 0.3 is 0 Å². The summed E-state index contributed by atoms with van der Waals surface area (Å²) in [4.78, 5) is 4.63. The van der Waals surface area contributed by atoms with Crippen molar-refractivity contribution in [1.29, 1.82) is 0 Å². The van der Waals surface area contributed by atoms with Crippen molar-refractivity contribution in [3.05, 3.63) is 40.3 Å². The summed E-state index contributed by atoms with van der Waals surface area (Å²) in [7, 11) is 1.64. The first-order valence-electron chi connectivity index (χ1n) is 7.29. The van der Waals surface area contributed by atoms with E-state index in [1.807, 2.05) is 24.3 Å². The molecule has 0 radical (unpaired) electrons. The molecule has 0 saturated heterocycles. The highest BCUT2D eigenvalue weighted by Gasteiger charge is 2.13. The maximum absolute atomic E-state index is 5.38. The lowest BCUT2D eigenvalue weighted by Crippen LogP contribution is -2.01. The molecule has 120 valence electrons. The van der Waals surface area contributed by atoms with Crippen molar-refractivity contribution < 1.29 is 4.74 Å². The van der Waals surface area contributed by atoms with Crippen LogP contribution in [0.2, 0.25) is 0 Å². The molecule has 0 bridgehead atoms. The Morgan fingerprint density at radius 2 is 2.17 bits per heavy atom. The molecular weight excluding hydrogens is 330 g/mol. The maximum Gasteiger partial charge on any atom is 0.214 e. The van der Waals surface area contributed by atoms with E-state index in [-0.39, 0.29) is 0 Å². The fourth-order valence-corrected chi connectivity index (χ4v) is 3.89. The second-order valence-corrected chi connectivity index (χ2v) is 6.70. The molecule has 23 heavy (non-hydrogen) atoms. The van der Waals surface area contributed by atoms with Crippen molar-refractivity contribution in [1.82, 2.24) is 25.2 Å². The normalized spacial score (nSPS) is 10.9. The quantitative estimate of drug-likeness (QED) is 0.611. The summed E-state index contributed by atoms with van der Waals surface area (Å²) >= 11 is 3.28. The second-order valence-electron chi connectivity index (χ2n) is 4.82. The number of hydrogen-bond acceptors (Lipinski definition) is 7. The molecule has 0 spiro atoms. The lowest BCUT2D eigenvalue weighted by Gasteiger charge is -2.08. The van der Waals surface area contributed by atoms with Crippen LogP contribution in [0, 0.1) is 0 Å². The lowest BCUT2D eigenvalue weighted by molar-refractivity contribution is 0.410. The highest BCUT2D eigenvalue weighted by molar-refractivity contribution is 7.98. The molecule has 8 heteroatoms. The Morgan fingerprint density at radius 1 is 1.30 bits per heavy atom. The van der Waals surface area contributed by atoms with Crippen LogP contribution < -0.4 is 4.74 Å². The fraction of sp³-hybridized carbons (Fsp3) is 0.333. The Bertz CT molecular complexity index is 771. The van der Waals surface area contributed by atoms with E-state index in [1.165, 1.54) is 5.01 Å². The molecule has 0 amide bonds. The van der Waals surface area contributed by atoms with E-state index in [4.69, 9.17) is 4.74 Å². The van der Waals surface area contributed by atoms with E-state index in [0.29, 0.717) is 0 Å². The fourth-order valence-electron chi connectivity index (χ4n) is 2.11. The predicted molar refractivity (Wildman–Crippen MR) is 91.4 cm³/mol. The van der Waals surface area contributed by atoms with Gasteiger partial charge in [-0.05, 0) is 35.4 Å². The van der Waals surface area contributed by atoms with Crippen LogP contribution in [0.4, 0.5) is 0 Å². The average molecular weight is 347 g/mol. The molecule has 0 N–H and O–H groups in total. The molecule has 2 heterocycles. The summed E-state index contributed by atoms with van der Waals surface area (Å²) in [5.41, 5.74) is 1.89. The van der Waals surface area contributed by atoms with Crippen LogP contribution >= 0.6 is 23.1 Å². The molecule has 2 aromatic heterocycles. The summed E-state index contributed by atoms with van der Waals surface area (Å²) < 4.78 is 7.08. The van der Waals surface area contributed by atoms with Crippen LogP contribution in [-0.2, 0) is 12.2 Å². The maximum atomic E-state index is 5.38. The summed E-state index contributed by atoms with van der Waals surface area (Å²) in [5.74, 6) is 1.48. The molecule has 0 aliphatic heterocycles. The van der Waals surface area contributed by atoms with Crippen molar-refractivity contribution >= 4 is 23.1 Å². The Labute approximate surface area is 142 Å². The van der Waals surface area contributed by atoms with E-state index in [1.54, 1.807) is 34.9 Å². The predicted octanol–water partition coefficient (Wildman–Crippen LogP) is 3.37. The van der Waals surface area contributed by atoms with Gasteiger partial charge in [0.1, 0.15) is 11.4 Å². The van der Waals surface area contributed by atoms with Crippen LogP contribution in [0.15, 0.2) is 34.8 Å². The molecule has 0 saturated carbocycles. The van der Waals surface area contributed by atoms with Crippen molar-refractivity contribution in [2.75, 3.05) is 7.11 Å². The van der Waals surface area contributed by atoms with E-state index in [9.17, 15) is 0 Å². The van der Waals surface area contributed by atoms with Gasteiger partial charge in [0, 0.05) is 11.1 Å². The zero-order chi connectivity index (χ0) is 16.1. The third-order valence-electron chi connectivity index (χ3n) is 3.17. The topological polar surface area (TPSA) is 65.7 Å². The Hall–Kier alpha value is -1.93. The monoisotopic (exact) mass is 347 g/mol. The second kappa shape index (κ2) is 7.56. The number of ether oxygens (including phenoxy) is 1. The first kappa shape index (κ1) is 15.9. The number of methoxy groups -OCH3 is 1. The molecule has 0 fully saturated rings. The van der Waals surface area contributed by atoms with Crippen LogP contribution in [0.3, 0.4) is 0 Å². The van der Waals surface area contributed by atoms with Crippen molar-refractivity contribution in [3.63, 3.8) is 0 Å². The van der Waals surface area contributed by atoms with E-state index in [2.05, 4.69) is 32.8 Å². The van der Waals surface area contributed by atoms with Gasteiger partial charge in [-0.15, -0.1) is 16.4 Å². The number of nitrogens with zero attached hydrogens (tertiary/aromatic N) is 5. The third kappa shape index (κ3) is 3.70. The zero-order valence-corrected chi connectivity index (χ0v) is 14.6. The van der Waals surface area contributed by atoms with Gasteiger partial charge in [-0.2, -0.15) is 4.68 Å². The van der Waals surface area contributed by atoms with Gasteiger partial charge in [0.25, 0.3) is 0 Å². The van der Waals surface area contributed by atoms with Gasteiger partial charge in [-0.3, -0.25) is 0 Å². The van der Waals surface area contributed by atoms with Gasteiger partial charge in [-0.1, -0.05) is 30.8 Å². The number of hydrogen-bond donors (Lipinski definition) is 0. The Kier molecular flexibility index (Phi) is 5.24. The Balaban J connectivity index is 1.76. The molecule has 0 aliphatic rings.